The van der Waals surface area contributed by atoms with Crippen molar-refractivity contribution in [2.75, 3.05) is 24.3 Å². The Labute approximate surface area is 115 Å². The first-order chi connectivity index (χ1) is 8.70. The van der Waals surface area contributed by atoms with E-state index in [2.05, 4.69) is 5.32 Å². The lowest BCUT2D eigenvalue weighted by atomic mass is 10.0. The SMILES string of the molecule is CNC(Cc1ccc(F)c(F)c1)C1CSCCS1. The summed E-state index contributed by atoms with van der Waals surface area (Å²) in [4.78, 5) is 0. The van der Waals surface area contributed by atoms with Crippen molar-refractivity contribution in [3.63, 3.8) is 0 Å². The van der Waals surface area contributed by atoms with Crippen molar-refractivity contribution < 1.29 is 8.78 Å². The molecule has 0 bridgehead atoms. The van der Waals surface area contributed by atoms with Gasteiger partial charge in [0.25, 0.3) is 0 Å². The molecule has 1 fully saturated rings. The fourth-order valence-electron chi connectivity index (χ4n) is 2.08. The monoisotopic (exact) mass is 289 g/mol. The van der Waals surface area contributed by atoms with Gasteiger partial charge < -0.3 is 5.32 Å². The maximum atomic E-state index is 13.2. The number of nitrogens with one attached hydrogen (secondary N) is 1. The molecule has 1 heterocycles. The average molecular weight is 289 g/mol. The molecule has 0 saturated carbocycles. The third-order valence-electron chi connectivity index (χ3n) is 3.10. The Bertz CT molecular complexity index is 395. The lowest BCUT2D eigenvalue weighted by Gasteiger charge is -2.29. The van der Waals surface area contributed by atoms with Crippen LogP contribution in [0.3, 0.4) is 0 Å². The van der Waals surface area contributed by atoms with Crippen molar-refractivity contribution in [3.8, 4) is 0 Å². The standard InChI is InChI=1S/C13H17F2NS2/c1-16-12(13-8-17-4-5-18-13)7-9-2-3-10(14)11(15)6-9/h2-3,6,12-13,16H,4-5,7-8H2,1H3. The second-order valence-electron chi connectivity index (χ2n) is 4.33. The highest BCUT2D eigenvalue weighted by molar-refractivity contribution is 8.06. The van der Waals surface area contributed by atoms with Crippen molar-refractivity contribution in [1.82, 2.24) is 5.32 Å². The Morgan fingerprint density at radius 2 is 2.17 bits per heavy atom. The Hall–Kier alpha value is -0.260. The molecule has 0 radical (unpaired) electrons. The number of benzene rings is 1. The molecule has 18 heavy (non-hydrogen) atoms. The highest BCUT2D eigenvalue weighted by atomic mass is 32.2. The van der Waals surface area contributed by atoms with Gasteiger partial charge in [-0.1, -0.05) is 6.07 Å². The number of hydrogen-bond donors (Lipinski definition) is 1. The van der Waals surface area contributed by atoms with Crippen LogP contribution >= 0.6 is 23.5 Å². The summed E-state index contributed by atoms with van der Waals surface area (Å²) in [6.07, 6.45) is 0.742. The molecule has 2 atom stereocenters. The van der Waals surface area contributed by atoms with Gasteiger partial charge in [0, 0.05) is 28.6 Å². The van der Waals surface area contributed by atoms with Gasteiger partial charge in [-0.15, -0.1) is 0 Å². The number of halogens is 2. The molecule has 0 amide bonds. The van der Waals surface area contributed by atoms with Gasteiger partial charge >= 0.3 is 0 Å². The zero-order valence-corrected chi connectivity index (χ0v) is 11.9. The van der Waals surface area contributed by atoms with Gasteiger partial charge in [-0.2, -0.15) is 23.5 Å². The van der Waals surface area contributed by atoms with Gasteiger partial charge in [-0.3, -0.25) is 0 Å². The van der Waals surface area contributed by atoms with E-state index in [0.29, 0.717) is 11.3 Å². The molecule has 1 saturated heterocycles. The Morgan fingerprint density at radius 1 is 1.33 bits per heavy atom. The van der Waals surface area contributed by atoms with Crippen LogP contribution in [-0.2, 0) is 6.42 Å². The Kier molecular flexibility index (Phi) is 5.33. The molecule has 1 aromatic carbocycles. The Morgan fingerprint density at radius 3 is 2.78 bits per heavy atom. The minimum atomic E-state index is -0.776. The quantitative estimate of drug-likeness (QED) is 0.915. The van der Waals surface area contributed by atoms with Crippen LogP contribution in [0.4, 0.5) is 8.78 Å². The maximum Gasteiger partial charge on any atom is 0.159 e. The molecule has 1 N–H and O–H groups in total. The van der Waals surface area contributed by atoms with Gasteiger partial charge in [0.1, 0.15) is 0 Å². The molecule has 1 aromatic rings. The van der Waals surface area contributed by atoms with Crippen LogP contribution in [0.15, 0.2) is 18.2 Å². The predicted molar refractivity (Wildman–Crippen MR) is 76.5 cm³/mol. The van der Waals surface area contributed by atoms with Crippen molar-refractivity contribution in [2.24, 2.45) is 0 Å². The molecule has 1 aliphatic rings. The van der Waals surface area contributed by atoms with Crippen LogP contribution in [-0.4, -0.2) is 35.6 Å². The van der Waals surface area contributed by atoms with Crippen molar-refractivity contribution >= 4 is 23.5 Å². The number of thioether (sulfide) groups is 2. The minimum absolute atomic E-state index is 0.313. The van der Waals surface area contributed by atoms with E-state index < -0.39 is 11.6 Å². The lowest BCUT2D eigenvalue weighted by Crippen LogP contribution is -2.40. The summed E-state index contributed by atoms with van der Waals surface area (Å²) in [6, 6.07) is 4.50. The van der Waals surface area contributed by atoms with Gasteiger partial charge in [0.2, 0.25) is 0 Å². The van der Waals surface area contributed by atoms with E-state index in [1.807, 2.05) is 30.6 Å². The van der Waals surface area contributed by atoms with E-state index >= 15 is 0 Å². The van der Waals surface area contributed by atoms with Crippen LogP contribution < -0.4 is 5.32 Å². The molecule has 0 aromatic heterocycles. The molecule has 0 spiro atoms. The predicted octanol–water partition coefficient (Wildman–Crippen LogP) is 2.94. The fourth-order valence-corrected chi connectivity index (χ4v) is 5.01. The van der Waals surface area contributed by atoms with Crippen molar-refractivity contribution in [2.45, 2.75) is 17.7 Å². The molecule has 1 nitrogen and oxygen atoms in total. The fraction of sp³-hybridized carbons (Fsp3) is 0.538. The summed E-state index contributed by atoms with van der Waals surface area (Å²) in [5.41, 5.74) is 0.851. The molecule has 1 aliphatic heterocycles. The molecule has 2 rings (SSSR count). The largest absolute Gasteiger partial charge is 0.316 e. The van der Waals surface area contributed by atoms with E-state index in [4.69, 9.17) is 0 Å². The van der Waals surface area contributed by atoms with Crippen LogP contribution in [0.1, 0.15) is 5.56 Å². The van der Waals surface area contributed by atoms with Crippen LogP contribution in [0.5, 0.6) is 0 Å². The smallest absolute Gasteiger partial charge is 0.159 e. The lowest BCUT2D eigenvalue weighted by molar-refractivity contribution is 0.503. The van der Waals surface area contributed by atoms with E-state index in [9.17, 15) is 8.78 Å². The van der Waals surface area contributed by atoms with Crippen LogP contribution in [0.2, 0.25) is 0 Å². The summed E-state index contributed by atoms with van der Waals surface area (Å²) >= 11 is 3.94. The molecule has 5 heteroatoms. The molecule has 2 unspecified atom stereocenters. The maximum absolute atomic E-state index is 13.2. The summed E-state index contributed by atoms with van der Waals surface area (Å²) < 4.78 is 26.0. The van der Waals surface area contributed by atoms with Crippen molar-refractivity contribution in [3.05, 3.63) is 35.4 Å². The van der Waals surface area contributed by atoms with E-state index in [1.165, 1.54) is 23.6 Å². The van der Waals surface area contributed by atoms with Gasteiger partial charge in [-0.25, -0.2) is 8.78 Å². The number of rotatable bonds is 4. The zero-order chi connectivity index (χ0) is 13.0. The van der Waals surface area contributed by atoms with Gasteiger partial charge in [0.05, 0.1) is 0 Å². The molecular weight excluding hydrogens is 272 g/mol. The van der Waals surface area contributed by atoms with E-state index in [-0.39, 0.29) is 0 Å². The third kappa shape index (κ3) is 3.62. The highest BCUT2D eigenvalue weighted by Crippen LogP contribution is 2.27. The van der Waals surface area contributed by atoms with Gasteiger partial charge in [0.15, 0.2) is 11.6 Å². The summed E-state index contributed by atoms with van der Waals surface area (Å²) in [5.74, 6) is 1.98. The van der Waals surface area contributed by atoms with Crippen molar-refractivity contribution in [1.29, 1.82) is 0 Å². The van der Waals surface area contributed by atoms with Crippen LogP contribution in [0, 0.1) is 11.6 Å². The molecular formula is C13H17F2NS2. The van der Waals surface area contributed by atoms with E-state index in [0.717, 1.165) is 17.7 Å². The highest BCUT2D eigenvalue weighted by Gasteiger charge is 2.23. The topological polar surface area (TPSA) is 12.0 Å². The normalized spacial score (nSPS) is 21.8. The first-order valence-corrected chi connectivity index (χ1v) is 8.21. The van der Waals surface area contributed by atoms with Crippen LogP contribution in [0.25, 0.3) is 0 Å². The average Bonchev–Trinajstić information content (AvgIpc) is 2.41. The molecule has 100 valence electrons. The summed E-state index contributed by atoms with van der Waals surface area (Å²) in [6.45, 7) is 0. The van der Waals surface area contributed by atoms with Gasteiger partial charge in [-0.05, 0) is 31.2 Å². The second kappa shape index (κ2) is 6.78. The van der Waals surface area contributed by atoms with E-state index in [1.54, 1.807) is 6.07 Å². The first-order valence-electron chi connectivity index (χ1n) is 6.01. The zero-order valence-electron chi connectivity index (χ0n) is 10.3. The number of likely N-dealkylation sites (N-methyl/N-ethyl adjacent to an activating group) is 1. The minimum Gasteiger partial charge on any atom is -0.316 e. The molecule has 0 aliphatic carbocycles. The Balaban J connectivity index is 2.02. The summed E-state index contributed by atoms with van der Waals surface area (Å²) in [7, 11) is 1.93. The first kappa shape index (κ1) is 14.2. The third-order valence-corrected chi connectivity index (χ3v) is 6.02. The number of hydrogen-bond acceptors (Lipinski definition) is 3. The summed E-state index contributed by atoms with van der Waals surface area (Å²) in [5, 5.41) is 3.85. The second-order valence-corrected chi connectivity index (χ2v) is 6.83.